The molecule has 0 fully saturated rings. The van der Waals surface area contributed by atoms with Gasteiger partial charge >= 0.3 is 0 Å². The second-order valence-electron chi connectivity index (χ2n) is 5.96. The van der Waals surface area contributed by atoms with Crippen molar-refractivity contribution in [1.29, 1.82) is 0 Å². The van der Waals surface area contributed by atoms with E-state index in [0.29, 0.717) is 20.8 Å². The number of methoxy groups -OCH3 is 1. The minimum absolute atomic E-state index is 0.0336. The number of thiophene rings is 1. The molecule has 0 aliphatic rings. The molecule has 0 saturated heterocycles. The predicted molar refractivity (Wildman–Crippen MR) is 113 cm³/mol. The fourth-order valence-corrected chi connectivity index (χ4v) is 5.24. The lowest BCUT2D eigenvalue weighted by Gasteiger charge is -2.21. The smallest absolute Gasteiger partial charge is 0.252 e. The molecule has 2 amide bonds. The second kappa shape index (κ2) is 9.77. The van der Waals surface area contributed by atoms with Gasteiger partial charge in [-0.2, -0.15) is 4.31 Å². The summed E-state index contributed by atoms with van der Waals surface area (Å²) in [5, 5.41) is 3.02. The van der Waals surface area contributed by atoms with Crippen LogP contribution >= 0.6 is 34.5 Å². The van der Waals surface area contributed by atoms with Gasteiger partial charge in [-0.05, 0) is 30.3 Å². The van der Waals surface area contributed by atoms with Crippen LogP contribution in [0.3, 0.4) is 0 Å². The number of anilines is 1. The molecule has 8 nitrogen and oxygen atoms in total. The van der Waals surface area contributed by atoms with E-state index in [4.69, 9.17) is 27.9 Å². The van der Waals surface area contributed by atoms with E-state index in [9.17, 15) is 18.0 Å². The van der Waals surface area contributed by atoms with E-state index in [2.05, 4.69) is 5.32 Å². The first kappa shape index (κ1) is 23.4. The summed E-state index contributed by atoms with van der Waals surface area (Å²) in [4.78, 5) is 25.8. The summed E-state index contributed by atoms with van der Waals surface area (Å²) in [5.74, 6) is -0.624. The molecule has 0 aliphatic carbocycles. The molecule has 0 unspecified atom stereocenters. The number of ether oxygens (including phenoxy) is 1. The van der Waals surface area contributed by atoms with Gasteiger partial charge < -0.3 is 15.0 Å². The Labute approximate surface area is 183 Å². The predicted octanol–water partition coefficient (Wildman–Crippen LogP) is 2.78. The molecule has 12 heteroatoms. The normalized spacial score (nSPS) is 11.4. The third-order valence-corrected chi connectivity index (χ3v) is 7.55. The molecule has 2 rings (SSSR count). The van der Waals surface area contributed by atoms with Crippen molar-refractivity contribution < 1.29 is 22.7 Å². The minimum Gasteiger partial charge on any atom is -0.495 e. The lowest BCUT2D eigenvalue weighted by atomic mass is 10.3. The topological polar surface area (TPSA) is 96.0 Å². The first-order chi connectivity index (χ1) is 13.5. The molecule has 158 valence electrons. The van der Waals surface area contributed by atoms with Gasteiger partial charge in [-0.25, -0.2) is 8.42 Å². The number of halogens is 2. The highest BCUT2D eigenvalue weighted by atomic mass is 35.5. The van der Waals surface area contributed by atoms with Crippen molar-refractivity contribution in [3.63, 3.8) is 0 Å². The molecule has 1 aromatic carbocycles. The van der Waals surface area contributed by atoms with Gasteiger partial charge in [-0.1, -0.05) is 23.2 Å². The maximum atomic E-state index is 12.5. The van der Waals surface area contributed by atoms with Crippen LogP contribution < -0.4 is 10.1 Å². The zero-order valence-electron chi connectivity index (χ0n) is 15.8. The van der Waals surface area contributed by atoms with Crippen molar-refractivity contribution >= 4 is 62.1 Å². The molecular formula is C17H19Cl2N3O5S2. The lowest BCUT2D eigenvalue weighted by Crippen LogP contribution is -2.42. The van der Waals surface area contributed by atoms with Gasteiger partial charge in [0, 0.05) is 19.1 Å². The minimum atomic E-state index is -3.85. The summed E-state index contributed by atoms with van der Waals surface area (Å²) in [5.41, 5.74) is 0.361. The average molecular weight is 480 g/mol. The third kappa shape index (κ3) is 6.06. The first-order valence-electron chi connectivity index (χ1n) is 8.13. The van der Waals surface area contributed by atoms with E-state index >= 15 is 0 Å². The third-order valence-electron chi connectivity index (χ3n) is 3.81. The highest BCUT2D eigenvalue weighted by Crippen LogP contribution is 2.28. The van der Waals surface area contributed by atoms with Crippen molar-refractivity contribution in [2.45, 2.75) is 4.21 Å². The number of carbonyl (C=O) groups is 2. The Hall–Kier alpha value is -1.85. The summed E-state index contributed by atoms with van der Waals surface area (Å²) in [6, 6.07) is 7.58. The van der Waals surface area contributed by atoms with Crippen LogP contribution in [0.2, 0.25) is 9.36 Å². The molecule has 29 heavy (non-hydrogen) atoms. The molecule has 1 N–H and O–H groups in total. The number of carbonyl (C=O) groups excluding carboxylic acids is 2. The van der Waals surface area contributed by atoms with Gasteiger partial charge in [0.25, 0.3) is 10.0 Å². The Balaban J connectivity index is 1.98. The molecule has 1 heterocycles. The van der Waals surface area contributed by atoms with Gasteiger partial charge in [0.2, 0.25) is 11.8 Å². The van der Waals surface area contributed by atoms with Gasteiger partial charge in [0.15, 0.2) is 0 Å². The van der Waals surface area contributed by atoms with Gasteiger partial charge in [0.1, 0.15) is 9.96 Å². The van der Waals surface area contributed by atoms with Crippen LogP contribution in [0.1, 0.15) is 0 Å². The molecule has 0 bridgehead atoms. The summed E-state index contributed by atoms with van der Waals surface area (Å²) in [6.45, 7) is -0.713. The SMILES string of the molecule is COc1ccc(Cl)cc1NC(=O)CN(C)C(=O)CN(C)S(=O)(=O)c1ccc(Cl)s1. The Morgan fingerprint density at radius 1 is 1.14 bits per heavy atom. The molecule has 0 atom stereocenters. The molecule has 0 aliphatic heterocycles. The van der Waals surface area contributed by atoms with Crippen LogP contribution in [-0.4, -0.2) is 63.7 Å². The maximum Gasteiger partial charge on any atom is 0.252 e. The number of likely N-dealkylation sites (N-methyl/N-ethyl adjacent to an activating group) is 2. The molecule has 2 aromatic rings. The Morgan fingerprint density at radius 2 is 1.83 bits per heavy atom. The van der Waals surface area contributed by atoms with Crippen LogP contribution in [0.15, 0.2) is 34.5 Å². The number of nitrogens with zero attached hydrogens (tertiary/aromatic N) is 2. The lowest BCUT2D eigenvalue weighted by molar-refractivity contribution is -0.133. The fraction of sp³-hybridized carbons (Fsp3) is 0.294. The Morgan fingerprint density at radius 3 is 2.41 bits per heavy atom. The average Bonchev–Trinajstić information content (AvgIpc) is 3.08. The summed E-state index contributed by atoms with van der Waals surface area (Å²) in [6.07, 6.45) is 0. The first-order valence-corrected chi connectivity index (χ1v) is 11.1. The number of amides is 2. The van der Waals surface area contributed by atoms with E-state index in [1.54, 1.807) is 12.1 Å². The standard InChI is InChI=1S/C17H19Cl2N3O5S2/c1-21(9-15(23)20-12-8-11(18)4-5-13(12)27-3)16(24)10-22(2)29(25,26)17-7-6-14(19)28-17/h4-8H,9-10H2,1-3H3,(H,20,23). The van der Waals surface area contributed by atoms with Crippen LogP contribution in [-0.2, 0) is 19.6 Å². The number of hydrogen-bond donors (Lipinski definition) is 1. The zero-order valence-corrected chi connectivity index (χ0v) is 19.0. The van der Waals surface area contributed by atoms with E-state index in [-0.39, 0.29) is 10.8 Å². The fourth-order valence-electron chi connectivity index (χ4n) is 2.26. The highest BCUT2D eigenvalue weighted by molar-refractivity contribution is 7.91. The van der Waals surface area contributed by atoms with Gasteiger partial charge in [0.05, 0.1) is 30.2 Å². The van der Waals surface area contributed by atoms with Crippen molar-refractivity contribution in [2.24, 2.45) is 0 Å². The van der Waals surface area contributed by atoms with Crippen molar-refractivity contribution in [1.82, 2.24) is 9.21 Å². The van der Waals surface area contributed by atoms with E-state index in [0.717, 1.165) is 20.5 Å². The number of sulfonamides is 1. The Bertz CT molecular complexity index is 1010. The molecule has 0 radical (unpaired) electrons. The second-order valence-corrected chi connectivity index (χ2v) is 10.4. The van der Waals surface area contributed by atoms with Crippen LogP contribution in [0.5, 0.6) is 5.75 Å². The van der Waals surface area contributed by atoms with E-state index < -0.39 is 28.4 Å². The monoisotopic (exact) mass is 479 g/mol. The summed E-state index contributed by atoms with van der Waals surface area (Å²) < 4.78 is 31.4. The number of hydrogen-bond acceptors (Lipinski definition) is 6. The quantitative estimate of drug-likeness (QED) is 0.627. The molecule has 0 spiro atoms. The molecular weight excluding hydrogens is 461 g/mol. The number of benzene rings is 1. The van der Waals surface area contributed by atoms with Crippen molar-refractivity contribution in [3.8, 4) is 5.75 Å². The van der Waals surface area contributed by atoms with Crippen molar-refractivity contribution in [3.05, 3.63) is 39.7 Å². The highest BCUT2D eigenvalue weighted by Gasteiger charge is 2.26. The summed E-state index contributed by atoms with van der Waals surface area (Å²) in [7, 11) is 0.286. The summed E-state index contributed by atoms with van der Waals surface area (Å²) >= 11 is 12.6. The number of rotatable bonds is 8. The Kier molecular flexibility index (Phi) is 7.89. The van der Waals surface area contributed by atoms with E-state index in [1.807, 2.05) is 0 Å². The largest absolute Gasteiger partial charge is 0.495 e. The number of nitrogens with one attached hydrogen (secondary N) is 1. The van der Waals surface area contributed by atoms with Crippen molar-refractivity contribution in [2.75, 3.05) is 39.6 Å². The van der Waals surface area contributed by atoms with Gasteiger partial charge in [-0.15, -0.1) is 11.3 Å². The zero-order chi connectivity index (χ0) is 21.8. The van der Waals surface area contributed by atoms with Gasteiger partial charge in [-0.3, -0.25) is 9.59 Å². The molecule has 0 saturated carbocycles. The van der Waals surface area contributed by atoms with Crippen LogP contribution in [0.25, 0.3) is 0 Å². The van der Waals surface area contributed by atoms with Crippen LogP contribution in [0, 0.1) is 0 Å². The van der Waals surface area contributed by atoms with Crippen LogP contribution in [0.4, 0.5) is 5.69 Å². The van der Waals surface area contributed by atoms with E-state index in [1.165, 1.54) is 39.4 Å². The molecule has 1 aromatic heterocycles. The maximum absolute atomic E-state index is 12.5.